The van der Waals surface area contributed by atoms with Gasteiger partial charge in [0.15, 0.2) is 0 Å². The summed E-state index contributed by atoms with van der Waals surface area (Å²) in [5, 5.41) is 8.23. The molecule has 0 radical (unpaired) electrons. The van der Waals surface area contributed by atoms with Gasteiger partial charge in [-0.3, -0.25) is 9.59 Å². The van der Waals surface area contributed by atoms with Gasteiger partial charge in [0.05, 0.1) is 12.9 Å². The Bertz CT molecular complexity index is 1230. The average molecular weight is 523 g/mol. The number of aryl methyl sites for hydroxylation is 1. The van der Waals surface area contributed by atoms with Crippen LogP contribution in [0.5, 0.6) is 0 Å². The summed E-state index contributed by atoms with van der Waals surface area (Å²) < 4.78 is 5.00. The summed E-state index contributed by atoms with van der Waals surface area (Å²) in [5.41, 5.74) is 3.84. The molecule has 2 amide bonds. The Hall–Kier alpha value is -3.10. The molecule has 188 valence electrons. The fourth-order valence-electron chi connectivity index (χ4n) is 4.28. The van der Waals surface area contributed by atoms with Crippen LogP contribution < -0.4 is 10.6 Å². The largest absolute Gasteiger partial charge is 0.465 e. The van der Waals surface area contributed by atoms with Crippen LogP contribution in [0.15, 0.2) is 58.8 Å². The topological polar surface area (TPSA) is 84.5 Å². The van der Waals surface area contributed by atoms with E-state index in [1.54, 1.807) is 0 Å². The first-order valence-corrected chi connectivity index (χ1v) is 13.9. The lowest BCUT2D eigenvalue weighted by molar-refractivity contribution is -0.120. The standard InChI is InChI=1S/C28H30N2O4S2/c1-18-11-13-19(14-12-18)23-16-36-27(25(23)28(33)34-2)30-24(31)17-35-22-10-6-9-21(15-22)29-26(32)20-7-4-3-5-8-20/h6,9-16,20H,3-5,7-8,17H2,1-2H3,(H,29,32)(H,30,31). The summed E-state index contributed by atoms with van der Waals surface area (Å²) in [7, 11) is 1.33. The van der Waals surface area contributed by atoms with E-state index < -0.39 is 5.97 Å². The first kappa shape index (κ1) is 26.0. The molecule has 1 aliphatic rings. The van der Waals surface area contributed by atoms with Crippen LogP contribution in [0.4, 0.5) is 10.7 Å². The van der Waals surface area contributed by atoms with Gasteiger partial charge in [-0.2, -0.15) is 0 Å². The molecule has 1 heterocycles. The molecule has 3 aromatic rings. The average Bonchev–Trinajstić information content (AvgIpc) is 3.31. The van der Waals surface area contributed by atoms with Gasteiger partial charge in [-0.25, -0.2) is 4.79 Å². The second-order valence-corrected chi connectivity index (χ2v) is 10.8. The van der Waals surface area contributed by atoms with Gasteiger partial charge in [0, 0.05) is 27.4 Å². The van der Waals surface area contributed by atoms with E-state index in [1.807, 2.05) is 60.8 Å². The van der Waals surface area contributed by atoms with E-state index in [0.717, 1.165) is 53.0 Å². The Kier molecular flexibility index (Phi) is 8.83. The van der Waals surface area contributed by atoms with Crippen LogP contribution in [0.2, 0.25) is 0 Å². The molecule has 36 heavy (non-hydrogen) atoms. The predicted octanol–water partition coefficient (Wildman–Crippen LogP) is 6.76. The zero-order valence-corrected chi connectivity index (χ0v) is 22.1. The second kappa shape index (κ2) is 12.2. The fourth-order valence-corrected chi connectivity index (χ4v) is 6.01. The van der Waals surface area contributed by atoms with Crippen LogP contribution in [0, 0.1) is 12.8 Å². The highest BCUT2D eigenvalue weighted by molar-refractivity contribution is 8.00. The van der Waals surface area contributed by atoms with E-state index in [0.29, 0.717) is 10.6 Å². The third-order valence-electron chi connectivity index (χ3n) is 6.24. The minimum absolute atomic E-state index is 0.0759. The van der Waals surface area contributed by atoms with Gasteiger partial charge >= 0.3 is 5.97 Å². The summed E-state index contributed by atoms with van der Waals surface area (Å²) >= 11 is 2.68. The molecule has 1 saturated carbocycles. The van der Waals surface area contributed by atoms with Crippen LogP contribution in [-0.2, 0) is 14.3 Å². The number of ether oxygens (including phenoxy) is 1. The molecule has 0 spiro atoms. The van der Waals surface area contributed by atoms with Gasteiger partial charge in [0.2, 0.25) is 11.8 Å². The second-order valence-electron chi connectivity index (χ2n) is 8.90. The molecule has 6 nitrogen and oxygen atoms in total. The zero-order valence-electron chi connectivity index (χ0n) is 20.5. The van der Waals surface area contributed by atoms with E-state index in [9.17, 15) is 14.4 Å². The summed E-state index contributed by atoms with van der Waals surface area (Å²) in [4.78, 5) is 38.8. The van der Waals surface area contributed by atoms with Crippen molar-refractivity contribution in [2.24, 2.45) is 5.92 Å². The van der Waals surface area contributed by atoms with Crippen molar-refractivity contribution in [1.82, 2.24) is 0 Å². The molecule has 2 aromatic carbocycles. The number of carbonyl (C=O) groups excluding carboxylic acids is 3. The Labute approximate surface area is 219 Å². The van der Waals surface area contributed by atoms with E-state index in [2.05, 4.69) is 10.6 Å². The maximum atomic E-state index is 12.8. The number of thiophene rings is 1. The van der Waals surface area contributed by atoms with Crippen LogP contribution >= 0.6 is 23.1 Å². The number of amides is 2. The number of benzene rings is 2. The maximum absolute atomic E-state index is 12.8. The van der Waals surface area contributed by atoms with Gasteiger partial charge in [-0.15, -0.1) is 23.1 Å². The summed E-state index contributed by atoms with van der Waals surface area (Å²) in [6.07, 6.45) is 5.32. The Morgan fingerprint density at radius 3 is 2.50 bits per heavy atom. The van der Waals surface area contributed by atoms with E-state index in [1.165, 1.54) is 36.6 Å². The van der Waals surface area contributed by atoms with E-state index in [4.69, 9.17) is 4.74 Å². The summed E-state index contributed by atoms with van der Waals surface area (Å²) in [6, 6.07) is 15.4. The molecule has 2 N–H and O–H groups in total. The Balaban J connectivity index is 1.39. The number of rotatable bonds is 8. The predicted molar refractivity (Wildman–Crippen MR) is 147 cm³/mol. The molecule has 0 aliphatic heterocycles. The first-order valence-electron chi connectivity index (χ1n) is 12.0. The first-order chi connectivity index (χ1) is 17.4. The van der Waals surface area contributed by atoms with Crippen molar-refractivity contribution in [2.75, 3.05) is 23.5 Å². The Morgan fingerprint density at radius 2 is 1.78 bits per heavy atom. The number of esters is 1. The number of carbonyl (C=O) groups is 3. The van der Waals surface area contributed by atoms with Crippen molar-refractivity contribution in [1.29, 1.82) is 0 Å². The third kappa shape index (κ3) is 6.56. The van der Waals surface area contributed by atoms with E-state index in [-0.39, 0.29) is 23.5 Å². The molecule has 0 saturated heterocycles. The van der Waals surface area contributed by atoms with E-state index >= 15 is 0 Å². The number of thioether (sulfide) groups is 1. The number of nitrogens with one attached hydrogen (secondary N) is 2. The van der Waals surface area contributed by atoms with Crippen molar-refractivity contribution < 1.29 is 19.1 Å². The number of methoxy groups -OCH3 is 1. The van der Waals surface area contributed by atoms with Gasteiger partial charge in [0.1, 0.15) is 10.6 Å². The van der Waals surface area contributed by atoms with Gasteiger partial charge in [-0.05, 0) is 43.5 Å². The van der Waals surface area contributed by atoms with Crippen LogP contribution in [0.25, 0.3) is 11.1 Å². The molecule has 0 bridgehead atoms. The quantitative estimate of drug-likeness (QED) is 0.252. The Morgan fingerprint density at radius 1 is 1.03 bits per heavy atom. The van der Waals surface area contributed by atoms with Crippen molar-refractivity contribution >= 4 is 51.6 Å². The summed E-state index contributed by atoms with van der Waals surface area (Å²) in [6.45, 7) is 2.00. The van der Waals surface area contributed by atoms with Crippen molar-refractivity contribution in [3.63, 3.8) is 0 Å². The molecular weight excluding hydrogens is 492 g/mol. The normalized spacial score (nSPS) is 13.7. The van der Waals surface area contributed by atoms with Crippen LogP contribution in [0.3, 0.4) is 0 Å². The highest BCUT2D eigenvalue weighted by atomic mass is 32.2. The molecule has 0 unspecified atom stereocenters. The van der Waals surface area contributed by atoms with Crippen molar-refractivity contribution in [3.8, 4) is 11.1 Å². The van der Waals surface area contributed by atoms with Gasteiger partial charge in [-0.1, -0.05) is 55.2 Å². The lowest BCUT2D eigenvalue weighted by atomic mass is 9.88. The minimum Gasteiger partial charge on any atom is -0.465 e. The third-order valence-corrected chi connectivity index (χ3v) is 8.13. The van der Waals surface area contributed by atoms with Crippen molar-refractivity contribution in [2.45, 2.75) is 43.9 Å². The minimum atomic E-state index is -0.490. The van der Waals surface area contributed by atoms with Gasteiger partial charge < -0.3 is 15.4 Å². The lowest BCUT2D eigenvalue weighted by Gasteiger charge is -2.20. The molecule has 1 aromatic heterocycles. The monoisotopic (exact) mass is 522 g/mol. The molecule has 1 fully saturated rings. The molecule has 8 heteroatoms. The lowest BCUT2D eigenvalue weighted by Crippen LogP contribution is -2.24. The fraction of sp³-hybridized carbons (Fsp3) is 0.321. The number of anilines is 2. The van der Waals surface area contributed by atoms with Crippen LogP contribution in [0.1, 0.15) is 48.0 Å². The number of hydrogen-bond donors (Lipinski definition) is 2. The smallest absolute Gasteiger partial charge is 0.341 e. The highest BCUT2D eigenvalue weighted by Crippen LogP contribution is 2.36. The zero-order chi connectivity index (χ0) is 25.5. The summed E-state index contributed by atoms with van der Waals surface area (Å²) in [5.74, 6) is -0.388. The maximum Gasteiger partial charge on any atom is 0.341 e. The molecule has 0 atom stereocenters. The highest BCUT2D eigenvalue weighted by Gasteiger charge is 2.23. The van der Waals surface area contributed by atoms with Crippen molar-refractivity contribution in [3.05, 3.63) is 65.0 Å². The molecule has 4 rings (SSSR count). The SMILES string of the molecule is COC(=O)c1c(-c2ccc(C)cc2)csc1NC(=O)CSc1cccc(NC(=O)C2CCCCC2)c1. The number of hydrogen-bond acceptors (Lipinski definition) is 6. The molecular formula is C28H30N2O4S2. The van der Waals surface area contributed by atoms with Gasteiger partial charge in [0.25, 0.3) is 0 Å². The van der Waals surface area contributed by atoms with Crippen LogP contribution in [-0.4, -0.2) is 30.6 Å². The molecule has 1 aliphatic carbocycles.